The molecular weight excluding hydrogens is 310 g/mol. The number of hydrogen-bond acceptors (Lipinski definition) is 4. The summed E-state index contributed by atoms with van der Waals surface area (Å²) in [6, 6.07) is 0.200. The quantitative estimate of drug-likeness (QED) is 0.865. The minimum absolute atomic E-state index is 0.0382. The summed E-state index contributed by atoms with van der Waals surface area (Å²) >= 11 is 1.50. The number of nitrogens with one attached hydrogen (secondary N) is 2. The number of amides is 2. The van der Waals surface area contributed by atoms with Crippen molar-refractivity contribution in [3.8, 4) is 0 Å². The molecule has 1 aromatic heterocycles. The van der Waals surface area contributed by atoms with E-state index in [4.69, 9.17) is 0 Å². The van der Waals surface area contributed by atoms with Gasteiger partial charge < -0.3 is 10.6 Å². The van der Waals surface area contributed by atoms with Gasteiger partial charge in [0.25, 0.3) is 5.91 Å². The van der Waals surface area contributed by atoms with Gasteiger partial charge in [0, 0.05) is 29.8 Å². The van der Waals surface area contributed by atoms with Gasteiger partial charge in [0.15, 0.2) is 5.01 Å². The van der Waals surface area contributed by atoms with Crippen molar-refractivity contribution in [2.75, 3.05) is 6.54 Å². The molecule has 2 saturated carbocycles. The number of carbonyl (C=O) groups is 2. The van der Waals surface area contributed by atoms with Crippen molar-refractivity contribution in [2.24, 2.45) is 17.8 Å². The predicted molar refractivity (Wildman–Crippen MR) is 88.4 cm³/mol. The zero-order valence-corrected chi connectivity index (χ0v) is 14.2. The number of aromatic nitrogens is 1. The van der Waals surface area contributed by atoms with Crippen LogP contribution in [0.15, 0.2) is 0 Å². The van der Waals surface area contributed by atoms with Gasteiger partial charge in [0.1, 0.15) is 0 Å². The van der Waals surface area contributed by atoms with Crippen LogP contribution in [0.5, 0.6) is 0 Å². The first-order valence-corrected chi connectivity index (χ1v) is 9.49. The second kappa shape index (κ2) is 5.89. The first-order chi connectivity index (χ1) is 11.1. The summed E-state index contributed by atoms with van der Waals surface area (Å²) in [5, 5.41) is 6.74. The fourth-order valence-corrected chi connectivity index (χ4v) is 4.33. The van der Waals surface area contributed by atoms with Gasteiger partial charge in [0.05, 0.1) is 5.69 Å². The van der Waals surface area contributed by atoms with Crippen LogP contribution >= 0.6 is 11.3 Å². The Morgan fingerprint density at radius 1 is 1.30 bits per heavy atom. The molecule has 2 amide bonds. The number of aryl methyl sites for hydroxylation is 1. The molecule has 3 atom stereocenters. The van der Waals surface area contributed by atoms with E-state index in [0.717, 1.165) is 37.9 Å². The zero-order valence-electron chi connectivity index (χ0n) is 13.4. The maximum Gasteiger partial charge on any atom is 0.280 e. The van der Waals surface area contributed by atoms with Crippen LogP contribution in [0.2, 0.25) is 0 Å². The van der Waals surface area contributed by atoms with Crippen LogP contribution < -0.4 is 10.6 Å². The highest BCUT2D eigenvalue weighted by atomic mass is 32.1. The molecule has 4 rings (SSSR count). The minimum Gasteiger partial charge on any atom is -0.353 e. The van der Waals surface area contributed by atoms with Crippen molar-refractivity contribution in [3.63, 3.8) is 0 Å². The fourth-order valence-electron chi connectivity index (χ4n) is 3.23. The minimum atomic E-state index is -0.0382. The largest absolute Gasteiger partial charge is 0.353 e. The topological polar surface area (TPSA) is 71.1 Å². The molecule has 2 fully saturated rings. The molecule has 3 aliphatic carbocycles. The highest BCUT2D eigenvalue weighted by Crippen LogP contribution is 2.38. The number of rotatable bonds is 5. The summed E-state index contributed by atoms with van der Waals surface area (Å²) in [6.45, 7) is 2.90. The highest BCUT2D eigenvalue weighted by Gasteiger charge is 2.40. The summed E-state index contributed by atoms with van der Waals surface area (Å²) in [4.78, 5) is 29.9. The molecule has 3 aliphatic rings. The van der Waals surface area contributed by atoms with Gasteiger partial charge >= 0.3 is 0 Å². The van der Waals surface area contributed by atoms with Crippen LogP contribution in [0.4, 0.5) is 0 Å². The van der Waals surface area contributed by atoms with Crippen molar-refractivity contribution in [3.05, 3.63) is 15.6 Å². The predicted octanol–water partition coefficient (Wildman–Crippen LogP) is 1.91. The summed E-state index contributed by atoms with van der Waals surface area (Å²) in [6.07, 6.45) is 6.08. The molecule has 0 aliphatic heterocycles. The van der Waals surface area contributed by atoms with Gasteiger partial charge in [-0.1, -0.05) is 6.92 Å². The van der Waals surface area contributed by atoms with Crippen LogP contribution in [-0.4, -0.2) is 29.4 Å². The first kappa shape index (κ1) is 15.1. The Labute approximate surface area is 140 Å². The SMILES string of the molecule is C[C@@H]1C[C@@H]1C(=O)N[C@@H]1CCc2nc(C(=O)NCC3CC3)sc2C1. The third-order valence-electron chi connectivity index (χ3n) is 5.17. The fraction of sp³-hybridized carbons (Fsp3) is 0.706. The summed E-state index contributed by atoms with van der Waals surface area (Å²) in [7, 11) is 0. The van der Waals surface area contributed by atoms with E-state index in [2.05, 4.69) is 22.5 Å². The van der Waals surface area contributed by atoms with Crippen LogP contribution in [0, 0.1) is 17.8 Å². The average molecular weight is 333 g/mol. The van der Waals surface area contributed by atoms with Crippen molar-refractivity contribution in [1.29, 1.82) is 0 Å². The lowest BCUT2D eigenvalue weighted by atomic mass is 9.97. The first-order valence-electron chi connectivity index (χ1n) is 8.67. The van der Waals surface area contributed by atoms with Crippen molar-refractivity contribution in [1.82, 2.24) is 15.6 Å². The van der Waals surface area contributed by atoms with E-state index in [0.29, 0.717) is 16.8 Å². The molecule has 23 heavy (non-hydrogen) atoms. The van der Waals surface area contributed by atoms with Crippen LogP contribution in [-0.2, 0) is 17.6 Å². The number of nitrogens with zero attached hydrogens (tertiary/aromatic N) is 1. The van der Waals surface area contributed by atoms with Crippen LogP contribution in [0.25, 0.3) is 0 Å². The Kier molecular flexibility index (Phi) is 3.87. The Bertz CT molecular complexity index is 638. The van der Waals surface area contributed by atoms with Crippen LogP contribution in [0.3, 0.4) is 0 Å². The number of hydrogen-bond donors (Lipinski definition) is 2. The van der Waals surface area contributed by atoms with Gasteiger partial charge in [-0.15, -0.1) is 11.3 Å². The van der Waals surface area contributed by atoms with Crippen LogP contribution in [0.1, 0.15) is 53.0 Å². The van der Waals surface area contributed by atoms with E-state index in [1.54, 1.807) is 0 Å². The lowest BCUT2D eigenvalue weighted by Gasteiger charge is -2.22. The summed E-state index contributed by atoms with van der Waals surface area (Å²) in [5.74, 6) is 1.61. The smallest absolute Gasteiger partial charge is 0.280 e. The van der Waals surface area contributed by atoms with Gasteiger partial charge in [-0.05, 0) is 43.9 Å². The van der Waals surface area contributed by atoms with E-state index in [-0.39, 0.29) is 23.8 Å². The second-order valence-corrected chi connectivity index (χ2v) is 8.39. The summed E-state index contributed by atoms with van der Waals surface area (Å²) < 4.78 is 0. The molecule has 0 saturated heterocycles. The van der Waals surface area contributed by atoms with E-state index in [1.807, 2.05) is 0 Å². The molecule has 0 radical (unpaired) electrons. The van der Waals surface area contributed by atoms with E-state index in [1.165, 1.54) is 29.1 Å². The third kappa shape index (κ3) is 3.42. The average Bonchev–Trinajstić information content (AvgIpc) is 3.43. The molecule has 0 bridgehead atoms. The Morgan fingerprint density at radius 2 is 2.09 bits per heavy atom. The maximum absolute atomic E-state index is 12.2. The van der Waals surface area contributed by atoms with Crippen molar-refractivity contribution in [2.45, 2.75) is 51.5 Å². The zero-order chi connectivity index (χ0) is 16.0. The molecule has 1 aromatic rings. The standard InChI is InChI=1S/C17H23N3O2S/c1-9-6-12(9)15(21)19-11-4-5-13-14(7-11)23-17(20-13)16(22)18-8-10-2-3-10/h9-12H,2-8H2,1H3,(H,18,22)(H,19,21)/t9-,11-,12+/m1/s1. The second-order valence-electron chi connectivity index (χ2n) is 7.31. The van der Waals surface area contributed by atoms with Gasteiger partial charge in [-0.25, -0.2) is 4.98 Å². The molecule has 6 heteroatoms. The maximum atomic E-state index is 12.2. The normalized spacial score (nSPS) is 28.8. The molecule has 0 spiro atoms. The number of fused-ring (bicyclic) bond motifs is 1. The Morgan fingerprint density at radius 3 is 2.78 bits per heavy atom. The van der Waals surface area contributed by atoms with Crippen molar-refractivity contribution < 1.29 is 9.59 Å². The highest BCUT2D eigenvalue weighted by molar-refractivity contribution is 7.13. The molecule has 5 nitrogen and oxygen atoms in total. The lowest BCUT2D eigenvalue weighted by Crippen LogP contribution is -2.39. The number of thiazole rings is 1. The van der Waals surface area contributed by atoms with Crippen molar-refractivity contribution >= 4 is 23.2 Å². The molecule has 124 valence electrons. The third-order valence-corrected chi connectivity index (χ3v) is 6.29. The monoisotopic (exact) mass is 333 g/mol. The molecule has 0 aromatic carbocycles. The van der Waals surface area contributed by atoms with E-state index >= 15 is 0 Å². The number of carbonyl (C=O) groups excluding carboxylic acids is 2. The van der Waals surface area contributed by atoms with Gasteiger partial charge in [-0.2, -0.15) is 0 Å². The Balaban J connectivity index is 1.35. The molecule has 0 unspecified atom stereocenters. The van der Waals surface area contributed by atoms with E-state index < -0.39 is 0 Å². The van der Waals surface area contributed by atoms with E-state index in [9.17, 15) is 9.59 Å². The van der Waals surface area contributed by atoms with Gasteiger partial charge in [-0.3, -0.25) is 9.59 Å². The lowest BCUT2D eigenvalue weighted by molar-refractivity contribution is -0.123. The van der Waals surface area contributed by atoms with Gasteiger partial charge in [0.2, 0.25) is 5.91 Å². The molecule has 1 heterocycles. The molecular formula is C17H23N3O2S. The molecule has 2 N–H and O–H groups in total. The summed E-state index contributed by atoms with van der Waals surface area (Å²) in [5.41, 5.74) is 1.05. The Hall–Kier alpha value is -1.43.